The van der Waals surface area contributed by atoms with Crippen molar-refractivity contribution in [1.82, 2.24) is 10.1 Å². The van der Waals surface area contributed by atoms with Crippen molar-refractivity contribution in [2.75, 3.05) is 13.2 Å². The van der Waals surface area contributed by atoms with Crippen LogP contribution < -0.4 is 5.73 Å². The van der Waals surface area contributed by atoms with Gasteiger partial charge in [-0.1, -0.05) is 24.9 Å². The summed E-state index contributed by atoms with van der Waals surface area (Å²) in [6.45, 7) is 5.49. The Morgan fingerprint density at radius 2 is 2.00 bits per heavy atom. The summed E-state index contributed by atoms with van der Waals surface area (Å²) < 4.78 is 10.9. The van der Waals surface area contributed by atoms with E-state index in [4.69, 9.17) is 15.0 Å². The van der Waals surface area contributed by atoms with Crippen molar-refractivity contribution in [2.24, 2.45) is 11.7 Å². The minimum absolute atomic E-state index is 0.0628. The second-order valence-electron chi connectivity index (χ2n) is 6.45. The minimum Gasteiger partial charge on any atom is -0.379 e. The van der Waals surface area contributed by atoms with Crippen LogP contribution >= 0.6 is 0 Å². The second kappa shape index (κ2) is 4.87. The van der Waals surface area contributed by atoms with Crippen LogP contribution in [0.25, 0.3) is 0 Å². The van der Waals surface area contributed by atoms with Crippen LogP contribution in [0.5, 0.6) is 0 Å². The fourth-order valence-corrected chi connectivity index (χ4v) is 3.06. The molecule has 2 fully saturated rings. The fraction of sp³-hybridized carbons (Fsp3) is 0.857. The molecule has 1 saturated heterocycles. The van der Waals surface area contributed by atoms with Gasteiger partial charge in [-0.15, -0.1) is 0 Å². The Morgan fingerprint density at radius 3 is 2.63 bits per heavy atom. The highest BCUT2D eigenvalue weighted by Gasteiger charge is 2.44. The van der Waals surface area contributed by atoms with Crippen molar-refractivity contribution in [2.45, 2.75) is 56.9 Å². The fourth-order valence-electron chi connectivity index (χ4n) is 3.06. The molecule has 1 aromatic heterocycles. The lowest BCUT2D eigenvalue weighted by molar-refractivity contribution is 0.169. The molecule has 106 valence electrons. The number of hydrogen-bond donors (Lipinski definition) is 1. The molecule has 5 nitrogen and oxygen atoms in total. The lowest BCUT2D eigenvalue weighted by Crippen LogP contribution is -2.42. The van der Waals surface area contributed by atoms with Crippen LogP contribution in [0.15, 0.2) is 4.52 Å². The normalized spacial score (nSPS) is 39.6. The van der Waals surface area contributed by atoms with Gasteiger partial charge in [0.1, 0.15) is 0 Å². The second-order valence-corrected chi connectivity index (χ2v) is 6.45. The van der Waals surface area contributed by atoms with Crippen molar-refractivity contribution >= 4 is 0 Å². The van der Waals surface area contributed by atoms with Gasteiger partial charge in [-0.3, -0.25) is 0 Å². The Morgan fingerprint density at radius 1 is 1.26 bits per heavy atom. The zero-order valence-electron chi connectivity index (χ0n) is 11.8. The number of ether oxygens (including phenoxy) is 1. The Bertz CT molecular complexity index is 440. The monoisotopic (exact) mass is 265 g/mol. The first-order valence-electron chi connectivity index (χ1n) is 7.27. The first-order chi connectivity index (χ1) is 9.09. The highest BCUT2D eigenvalue weighted by atomic mass is 16.5. The van der Waals surface area contributed by atoms with E-state index < -0.39 is 0 Å². The van der Waals surface area contributed by atoms with E-state index in [0.29, 0.717) is 25.0 Å². The molecule has 1 saturated carbocycles. The van der Waals surface area contributed by atoms with Crippen LogP contribution in [0.3, 0.4) is 0 Å². The molecule has 2 aliphatic rings. The molecule has 2 atom stereocenters. The molecule has 0 spiro atoms. The SMILES string of the molecule is CC1CCC(c2noc(C3(C)COCC3N)n2)CC1. The highest BCUT2D eigenvalue weighted by molar-refractivity contribution is 5.12. The van der Waals surface area contributed by atoms with Gasteiger partial charge < -0.3 is 15.0 Å². The number of aromatic nitrogens is 2. The molecule has 1 aliphatic carbocycles. The molecule has 5 heteroatoms. The molecule has 1 aromatic rings. The topological polar surface area (TPSA) is 74.2 Å². The van der Waals surface area contributed by atoms with E-state index in [0.717, 1.165) is 11.7 Å². The minimum atomic E-state index is -0.326. The Kier molecular flexibility index (Phi) is 3.35. The first kappa shape index (κ1) is 13.1. The summed E-state index contributed by atoms with van der Waals surface area (Å²) in [7, 11) is 0. The predicted molar refractivity (Wildman–Crippen MR) is 70.8 cm³/mol. The maximum absolute atomic E-state index is 6.10. The zero-order valence-corrected chi connectivity index (χ0v) is 11.8. The largest absolute Gasteiger partial charge is 0.379 e. The Labute approximate surface area is 113 Å². The van der Waals surface area contributed by atoms with Crippen LogP contribution in [0.4, 0.5) is 0 Å². The van der Waals surface area contributed by atoms with E-state index in [-0.39, 0.29) is 11.5 Å². The zero-order chi connectivity index (χ0) is 13.5. The quantitative estimate of drug-likeness (QED) is 0.885. The number of nitrogens with two attached hydrogens (primary N) is 1. The van der Waals surface area contributed by atoms with Gasteiger partial charge in [0, 0.05) is 12.0 Å². The molecule has 0 radical (unpaired) electrons. The predicted octanol–water partition coefficient (Wildman–Crippen LogP) is 1.98. The summed E-state index contributed by atoms with van der Waals surface area (Å²) in [6.07, 6.45) is 4.85. The van der Waals surface area contributed by atoms with E-state index in [1.54, 1.807) is 0 Å². The van der Waals surface area contributed by atoms with Crippen LogP contribution in [0, 0.1) is 5.92 Å². The molecule has 0 bridgehead atoms. The number of hydrogen-bond acceptors (Lipinski definition) is 5. The van der Waals surface area contributed by atoms with Gasteiger partial charge in [0.05, 0.1) is 18.6 Å². The maximum Gasteiger partial charge on any atom is 0.236 e. The van der Waals surface area contributed by atoms with Gasteiger partial charge in [0.15, 0.2) is 5.82 Å². The van der Waals surface area contributed by atoms with Gasteiger partial charge >= 0.3 is 0 Å². The van der Waals surface area contributed by atoms with Crippen molar-refractivity contribution in [1.29, 1.82) is 0 Å². The Hall–Kier alpha value is -0.940. The van der Waals surface area contributed by atoms with Crippen molar-refractivity contribution in [3.05, 3.63) is 11.7 Å². The van der Waals surface area contributed by atoms with E-state index in [9.17, 15) is 0 Å². The van der Waals surface area contributed by atoms with Crippen molar-refractivity contribution in [3.63, 3.8) is 0 Å². The van der Waals surface area contributed by atoms with E-state index in [1.165, 1.54) is 25.7 Å². The third-order valence-corrected chi connectivity index (χ3v) is 4.83. The lowest BCUT2D eigenvalue weighted by atomic mass is 9.82. The molecule has 2 N–H and O–H groups in total. The average Bonchev–Trinajstić information content (AvgIpc) is 3.00. The van der Waals surface area contributed by atoms with Crippen molar-refractivity contribution < 1.29 is 9.26 Å². The average molecular weight is 265 g/mol. The summed E-state index contributed by atoms with van der Waals surface area (Å²) >= 11 is 0. The van der Waals surface area contributed by atoms with Crippen LogP contribution in [0.2, 0.25) is 0 Å². The van der Waals surface area contributed by atoms with Gasteiger partial charge in [-0.05, 0) is 25.7 Å². The third-order valence-electron chi connectivity index (χ3n) is 4.83. The van der Waals surface area contributed by atoms with Crippen LogP contribution in [-0.4, -0.2) is 29.4 Å². The smallest absolute Gasteiger partial charge is 0.236 e. The van der Waals surface area contributed by atoms with E-state index in [2.05, 4.69) is 17.1 Å². The van der Waals surface area contributed by atoms with E-state index in [1.807, 2.05) is 6.92 Å². The number of nitrogens with zero attached hydrogens (tertiary/aromatic N) is 2. The Balaban J connectivity index is 1.76. The standard InChI is InChI=1S/C14H23N3O2/c1-9-3-5-10(6-4-9)12-16-13(19-17-12)14(2)8-18-7-11(14)15/h9-11H,3-8,15H2,1-2H3. The molecule has 0 amide bonds. The lowest BCUT2D eigenvalue weighted by Gasteiger charge is -2.24. The molecule has 2 heterocycles. The molecular formula is C14H23N3O2. The third kappa shape index (κ3) is 2.30. The summed E-state index contributed by atoms with van der Waals surface area (Å²) in [6, 6.07) is -0.0628. The van der Waals surface area contributed by atoms with Gasteiger partial charge in [-0.25, -0.2) is 0 Å². The molecule has 3 rings (SSSR count). The van der Waals surface area contributed by atoms with Crippen molar-refractivity contribution in [3.8, 4) is 0 Å². The summed E-state index contributed by atoms with van der Waals surface area (Å²) in [5.74, 6) is 2.79. The molecular weight excluding hydrogens is 242 g/mol. The molecule has 2 unspecified atom stereocenters. The summed E-state index contributed by atoms with van der Waals surface area (Å²) in [5, 5.41) is 4.19. The molecule has 0 aromatic carbocycles. The van der Waals surface area contributed by atoms with Crippen LogP contribution in [-0.2, 0) is 10.2 Å². The van der Waals surface area contributed by atoms with E-state index >= 15 is 0 Å². The van der Waals surface area contributed by atoms with Gasteiger partial charge in [0.2, 0.25) is 5.89 Å². The first-order valence-corrected chi connectivity index (χ1v) is 7.27. The molecule has 1 aliphatic heterocycles. The van der Waals surface area contributed by atoms with Crippen LogP contribution in [0.1, 0.15) is 57.2 Å². The number of rotatable bonds is 2. The maximum atomic E-state index is 6.10. The summed E-state index contributed by atoms with van der Waals surface area (Å²) in [5.41, 5.74) is 5.77. The molecule has 19 heavy (non-hydrogen) atoms. The van der Waals surface area contributed by atoms with Gasteiger partial charge in [-0.2, -0.15) is 4.98 Å². The highest BCUT2D eigenvalue weighted by Crippen LogP contribution is 2.36. The summed E-state index contributed by atoms with van der Waals surface area (Å²) in [4.78, 5) is 4.63. The van der Waals surface area contributed by atoms with Gasteiger partial charge in [0.25, 0.3) is 0 Å².